The van der Waals surface area contributed by atoms with Crippen LogP contribution in [0.3, 0.4) is 0 Å². The minimum absolute atomic E-state index is 0.155. The molecule has 0 aliphatic carbocycles. The second-order valence-electron chi connectivity index (χ2n) is 4.62. The van der Waals surface area contributed by atoms with E-state index in [1.807, 2.05) is 30.3 Å². The first kappa shape index (κ1) is 15.2. The van der Waals surface area contributed by atoms with Crippen LogP contribution in [-0.4, -0.2) is 22.1 Å². The third-order valence-electron chi connectivity index (χ3n) is 3.05. The minimum atomic E-state index is -0.600. The number of hydrogen-bond acceptors (Lipinski definition) is 4. The molecule has 0 radical (unpaired) electrons. The lowest BCUT2D eigenvalue weighted by atomic mass is 10.2. The van der Waals surface area contributed by atoms with Crippen LogP contribution >= 0.6 is 0 Å². The predicted octanol–water partition coefficient (Wildman–Crippen LogP) is 2.12. The number of carbonyl (C=O) groups is 1. The first-order chi connectivity index (χ1) is 10.2. The molecular formula is C16H18N2O3. The average molecular weight is 286 g/mol. The number of rotatable bonds is 6. The van der Waals surface area contributed by atoms with Gasteiger partial charge in [0.05, 0.1) is 25.1 Å². The molecule has 2 N–H and O–H groups in total. The van der Waals surface area contributed by atoms with Gasteiger partial charge in [-0.15, -0.1) is 0 Å². The fourth-order valence-electron chi connectivity index (χ4n) is 1.78. The van der Waals surface area contributed by atoms with Gasteiger partial charge in [-0.25, -0.2) is 0 Å². The number of nitrogens with zero attached hydrogens (tertiary/aromatic N) is 1. The predicted molar refractivity (Wildman–Crippen MR) is 79.5 cm³/mol. The van der Waals surface area contributed by atoms with Gasteiger partial charge in [0, 0.05) is 11.8 Å². The van der Waals surface area contributed by atoms with Crippen LogP contribution in [0.1, 0.15) is 18.1 Å². The summed E-state index contributed by atoms with van der Waals surface area (Å²) in [5, 5.41) is 11.9. The van der Waals surface area contributed by atoms with Crippen molar-refractivity contribution in [3.8, 4) is 0 Å². The summed E-state index contributed by atoms with van der Waals surface area (Å²) in [5.41, 5.74) is 2.13. The first-order valence-corrected chi connectivity index (χ1v) is 6.71. The lowest BCUT2D eigenvalue weighted by Crippen LogP contribution is -2.28. The van der Waals surface area contributed by atoms with Crippen LogP contribution in [0.5, 0.6) is 0 Å². The topological polar surface area (TPSA) is 71.5 Å². The number of aliphatic hydroxyl groups excluding tert-OH is 1. The number of hydrogen-bond donors (Lipinski definition) is 2. The number of anilines is 1. The van der Waals surface area contributed by atoms with Crippen molar-refractivity contribution in [2.75, 3.05) is 5.32 Å². The average Bonchev–Trinajstić information content (AvgIpc) is 2.54. The molecule has 1 atom stereocenters. The third kappa shape index (κ3) is 4.37. The molecule has 0 saturated carbocycles. The van der Waals surface area contributed by atoms with Gasteiger partial charge in [-0.1, -0.05) is 30.3 Å². The van der Waals surface area contributed by atoms with Crippen molar-refractivity contribution in [3.63, 3.8) is 0 Å². The summed E-state index contributed by atoms with van der Waals surface area (Å²) < 4.78 is 5.54. The Hall–Kier alpha value is -2.24. The molecule has 0 bridgehead atoms. The number of nitrogens with one attached hydrogen (secondary N) is 1. The molecule has 0 aliphatic rings. The van der Waals surface area contributed by atoms with Gasteiger partial charge >= 0.3 is 0 Å². The summed E-state index contributed by atoms with van der Waals surface area (Å²) in [4.78, 5) is 16.0. The van der Waals surface area contributed by atoms with Crippen molar-refractivity contribution in [3.05, 3.63) is 59.9 Å². The second kappa shape index (κ2) is 7.52. The van der Waals surface area contributed by atoms with Crippen LogP contribution in [0.4, 0.5) is 5.69 Å². The molecule has 0 fully saturated rings. The zero-order chi connectivity index (χ0) is 15.1. The van der Waals surface area contributed by atoms with Crippen molar-refractivity contribution in [2.24, 2.45) is 0 Å². The monoisotopic (exact) mass is 286 g/mol. The quantitative estimate of drug-likeness (QED) is 0.853. The molecule has 1 aromatic heterocycles. The molecule has 0 saturated heterocycles. The van der Waals surface area contributed by atoms with E-state index in [1.54, 1.807) is 19.2 Å². The molecule has 0 aliphatic heterocycles. The van der Waals surface area contributed by atoms with Crippen LogP contribution in [-0.2, 0) is 22.7 Å². The maximum Gasteiger partial charge on any atom is 0.253 e. The van der Waals surface area contributed by atoms with Crippen LogP contribution < -0.4 is 5.32 Å². The van der Waals surface area contributed by atoms with E-state index in [9.17, 15) is 9.90 Å². The van der Waals surface area contributed by atoms with Gasteiger partial charge in [0.2, 0.25) is 0 Å². The summed E-state index contributed by atoms with van der Waals surface area (Å²) in [6.07, 6.45) is 2.47. The molecule has 5 heteroatoms. The second-order valence-corrected chi connectivity index (χ2v) is 4.62. The SMILES string of the molecule is CC(OCc1ccccc1)C(=O)Nc1cnccc1CO. The number of amides is 1. The van der Waals surface area contributed by atoms with E-state index in [0.717, 1.165) is 5.56 Å². The summed E-state index contributed by atoms with van der Waals surface area (Å²) in [6, 6.07) is 11.3. The Morgan fingerprint density at radius 3 is 2.81 bits per heavy atom. The zero-order valence-electron chi connectivity index (χ0n) is 11.8. The Labute approximate surface area is 123 Å². The van der Waals surface area contributed by atoms with Crippen molar-refractivity contribution in [1.29, 1.82) is 0 Å². The Kier molecular flexibility index (Phi) is 5.43. The molecule has 5 nitrogen and oxygen atoms in total. The van der Waals surface area contributed by atoms with E-state index < -0.39 is 6.10 Å². The molecule has 1 amide bonds. The summed E-state index contributed by atoms with van der Waals surface area (Å²) >= 11 is 0. The number of aromatic nitrogens is 1. The minimum Gasteiger partial charge on any atom is -0.392 e. The normalized spacial score (nSPS) is 11.9. The molecule has 0 spiro atoms. The highest BCUT2D eigenvalue weighted by Crippen LogP contribution is 2.14. The maximum absolute atomic E-state index is 12.1. The third-order valence-corrected chi connectivity index (χ3v) is 3.05. The largest absolute Gasteiger partial charge is 0.392 e. The molecule has 21 heavy (non-hydrogen) atoms. The van der Waals surface area contributed by atoms with Gasteiger partial charge in [0.15, 0.2) is 0 Å². The molecule has 2 rings (SSSR count). The van der Waals surface area contributed by atoms with Gasteiger partial charge in [0.25, 0.3) is 5.91 Å². The van der Waals surface area contributed by atoms with E-state index in [4.69, 9.17) is 4.74 Å². The first-order valence-electron chi connectivity index (χ1n) is 6.71. The maximum atomic E-state index is 12.1. The van der Waals surface area contributed by atoms with E-state index in [1.165, 1.54) is 6.20 Å². The summed E-state index contributed by atoms with van der Waals surface area (Å²) in [6.45, 7) is 1.90. The standard InChI is InChI=1S/C16H18N2O3/c1-12(21-11-13-5-3-2-4-6-13)16(20)18-15-9-17-8-7-14(15)10-19/h2-9,12,19H,10-11H2,1H3,(H,18,20). The van der Waals surface area contributed by atoms with Gasteiger partial charge in [-0.2, -0.15) is 0 Å². The number of ether oxygens (including phenoxy) is 1. The van der Waals surface area contributed by atoms with Crippen LogP contribution in [0, 0.1) is 0 Å². The van der Waals surface area contributed by atoms with Crippen molar-refractivity contribution in [1.82, 2.24) is 4.98 Å². The Balaban J connectivity index is 1.90. The van der Waals surface area contributed by atoms with Gasteiger partial charge < -0.3 is 15.2 Å². The summed E-state index contributed by atoms with van der Waals surface area (Å²) in [5.74, 6) is -0.270. The molecule has 1 heterocycles. The highest BCUT2D eigenvalue weighted by molar-refractivity contribution is 5.94. The van der Waals surface area contributed by atoms with Crippen molar-refractivity contribution in [2.45, 2.75) is 26.2 Å². The Morgan fingerprint density at radius 2 is 2.10 bits per heavy atom. The number of carbonyl (C=O) groups excluding carboxylic acids is 1. The van der Waals surface area contributed by atoms with Crippen LogP contribution in [0.15, 0.2) is 48.8 Å². The van der Waals surface area contributed by atoms with Crippen molar-refractivity contribution >= 4 is 11.6 Å². The van der Waals surface area contributed by atoms with E-state index >= 15 is 0 Å². The fraction of sp³-hybridized carbons (Fsp3) is 0.250. The highest BCUT2D eigenvalue weighted by atomic mass is 16.5. The zero-order valence-corrected chi connectivity index (χ0v) is 11.8. The Morgan fingerprint density at radius 1 is 1.33 bits per heavy atom. The molecular weight excluding hydrogens is 268 g/mol. The summed E-state index contributed by atoms with van der Waals surface area (Å²) in [7, 11) is 0. The van der Waals surface area contributed by atoms with Gasteiger partial charge in [-0.05, 0) is 18.6 Å². The van der Waals surface area contributed by atoms with E-state index in [2.05, 4.69) is 10.3 Å². The van der Waals surface area contributed by atoms with Gasteiger partial charge in [-0.3, -0.25) is 9.78 Å². The number of pyridine rings is 1. The van der Waals surface area contributed by atoms with Crippen LogP contribution in [0.2, 0.25) is 0 Å². The smallest absolute Gasteiger partial charge is 0.253 e. The highest BCUT2D eigenvalue weighted by Gasteiger charge is 2.15. The lowest BCUT2D eigenvalue weighted by Gasteiger charge is -2.14. The lowest BCUT2D eigenvalue weighted by molar-refractivity contribution is -0.127. The molecule has 2 aromatic rings. The Bertz CT molecular complexity index is 587. The van der Waals surface area contributed by atoms with E-state index in [0.29, 0.717) is 17.9 Å². The number of benzene rings is 1. The van der Waals surface area contributed by atoms with Crippen LogP contribution in [0.25, 0.3) is 0 Å². The van der Waals surface area contributed by atoms with Gasteiger partial charge in [0.1, 0.15) is 6.10 Å². The van der Waals surface area contributed by atoms with Crippen molar-refractivity contribution < 1.29 is 14.6 Å². The fourth-order valence-corrected chi connectivity index (χ4v) is 1.78. The van der Waals surface area contributed by atoms with E-state index in [-0.39, 0.29) is 12.5 Å². The molecule has 1 aromatic carbocycles. The molecule has 1 unspecified atom stereocenters. The number of aliphatic hydroxyl groups is 1. The molecule has 110 valence electrons.